The Balaban J connectivity index is 2.14. The topological polar surface area (TPSA) is 108 Å². The first-order valence-corrected chi connectivity index (χ1v) is 17.4. The van der Waals surface area contributed by atoms with E-state index in [0.29, 0.717) is 28.4 Å². The predicted molar refractivity (Wildman–Crippen MR) is 174 cm³/mol. The van der Waals surface area contributed by atoms with Gasteiger partial charge in [0.2, 0.25) is 0 Å². The Morgan fingerprint density at radius 1 is 1.14 bits per heavy atom. The molecule has 232 valence electrons. The molecule has 0 saturated heterocycles. The highest BCUT2D eigenvalue weighted by atomic mass is 32.3. The number of anilines is 2. The summed E-state index contributed by atoms with van der Waals surface area (Å²) >= 11 is 1.46. The van der Waals surface area contributed by atoms with Crippen molar-refractivity contribution in [3.05, 3.63) is 54.3 Å². The van der Waals surface area contributed by atoms with Crippen molar-refractivity contribution in [3.8, 4) is 5.75 Å². The quantitative estimate of drug-likeness (QED) is 0.100. The van der Waals surface area contributed by atoms with Gasteiger partial charge in [0.25, 0.3) is 5.91 Å². The molecule has 0 aliphatic carbocycles. The summed E-state index contributed by atoms with van der Waals surface area (Å²) in [5.41, 5.74) is 1.41. The maximum absolute atomic E-state index is 12.8. The smallest absolute Gasteiger partial charge is 0.333 e. The fraction of sp³-hybridized carbons (Fsp3) is 0.500. The highest BCUT2D eigenvalue weighted by Gasteiger charge is 2.42. The molecular weight excluding hydrogens is 572 g/mol. The summed E-state index contributed by atoms with van der Waals surface area (Å²) in [4.78, 5) is 27.9. The molecule has 8 nitrogen and oxygen atoms in total. The lowest BCUT2D eigenvalue weighted by Crippen LogP contribution is -2.40. The molecule has 0 spiro atoms. The Kier molecular flexibility index (Phi) is 11.4. The number of amides is 1. The number of nitrogens with zero attached hydrogens (tertiary/aromatic N) is 1. The zero-order valence-electron chi connectivity index (χ0n) is 25.9. The third kappa shape index (κ3) is 8.46. The van der Waals surface area contributed by atoms with Crippen LogP contribution in [0, 0.1) is 5.41 Å². The van der Waals surface area contributed by atoms with Gasteiger partial charge in [-0.3, -0.25) is 13.9 Å². The van der Waals surface area contributed by atoms with Gasteiger partial charge in [0.05, 0.1) is 34.4 Å². The van der Waals surface area contributed by atoms with E-state index >= 15 is 0 Å². The minimum atomic E-state index is -3.22. The van der Waals surface area contributed by atoms with Crippen molar-refractivity contribution in [3.63, 3.8) is 0 Å². The lowest BCUT2D eigenvalue weighted by Gasteiger charge is -2.41. The average molecular weight is 619 g/mol. The number of rotatable bonds is 11. The molecule has 1 aliphatic rings. The first kappa shape index (κ1) is 33.8. The normalized spacial score (nSPS) is 19.1. The summed E-state index contributed by atoms with van der Waals surface area (Å²) in [6.45, 7) is 12.7. The highest BCUT2D eigenvalue weighted by molar-refractivity contribution is 8.24. The van der Waals surface area contributed by atoms with Crippen molar-refractivity contribution in [1.82, 2.24) is 5.32 Å². The van der Waals surface area contributed by atoms with E-state index in [-0.39, 0.29) is 29.2 Å². The van der Waals surface area contributed by atoms with E-state index in [1.165, 1.54) is 24.1 Å². The fourth-order valence-corrected chi connectivity index (χ4v) is 7.90. The van der Waals surface area contributed by atoms with Crippen LogP contribution in [0.5, 0.6) is 5.75 Å². The summed E-state index contributed by atoms with van der Waals surface area (Å²) in [7, 11) is -3.22. The Bertz CT molecular complexity index is 1270. The van der Waals surface area contributed by atoms with Crippen LogP contribution in [-0.4, -0.2) is 51.7 Å². The SMILES string of the molecule is CCCCC1(CC)CN(c2ccc(C(=O)NC(C)(C)C)cc2)c2cc(SC)c(O/C=C/C(=O)OCC)cc2S(O)(O)C1. The molecule has 1 unspecified atom stereocenters. The van der Waals surface area contributed by atoms with Crippen LogP contribution < -0.4 is 15.0 Å². The lowest BCUT2D eigenvalue weighted by atomic mass is 9.81. The maximum atomic E-state index is 12.8. The molecule has 1 atom stereocenters. The Morgan fingerprint density at radius 3 is 2.40 bits per heavy atom. The van der Waals surface area contributed by atoms with E-state index < -0.39 is 16.6 Å². The van der Waals surface area contributed by atoms with E-state index in [1.807, 2.05) is 57.4 Å². The molecule has 0 radical (unpaired) electrons. The van der Waals surface area contributed by atoms with Gasteiger partial charge >= 0.3 is 5.97 Å². The van der Waals surface area contributed by atoms with Crippen molar-refractivity contribution >= 4 is 45.6 Å². The standard InChI is InChI=1S/C32H46N2O6S2/c1-8-11-17-32(9-2)21-34(24-14-12-23(13-15-24)30(36)33-31(4,5)6)25-19-27(41-7)26(20-28(25)42(37,38)22-32)40-18-16-29(35)39-10-3/h12-16,18-20,37-38H,8-11,17,21-22H2,1-7H3,(H,33,36)/b18-16+. The number of hydrogen-bond donors (Lipinski definition) is 3. The summed E-state index contributed by atoms with van der Waals surface area (Å²) in [5, 5.41) is 3.00. The summed E-state index contributed by atoms with van der Waals surface area (Å²) < 4.78 is 34.3. The molecule has 1 heterocycles. The lowest BCUT2D eigenvalue weighted by molar-refractivity contribution is -0.137. The fourth-order valence-electron chi connectivity index (χ4n) is 5.11. The van der Waals surface area contributed by atoms with Crippen LogP contribution in [0.3, 0.4) is 0 Å². The third-order valence-electron chi connectivity index (χ3n) is 7.32. The van der Waals surface area contributed by atoms with E-state index in [4.69, 9.17) is 9.47 Å². The number of unbranched alkanes of at least 4 members (excludes halogenated alkanes) is 1. The Labute approximate surface area is 256 Å². The first-order valence-electron chi connectivity index (χ1n) is 14.5. The van der Waals surface area contributed by atoms with Crippen LogP contribution in [0.25, 0.3) is 0 Å². The van der Waals surface area contributed by atoms with Crippen molar-refractivity contribution in [2.24, 2.45) is 5.41 Å². The van der Waals surface area contributed by atoms with Crippen LogP contribution in [0.2, 0.25) is 0 Å². The molecule has 3 rings (SSSR count). The van der Waals surface area contributed by atoms with Crippen molar-refractivity contribution in [2.45, 2.75) is 82.6 Å². The largest absolute Gasteiger partial charge is 0.463 e. The number of hydrogen-bond acceptors (Lipinski definition) is 8. The maximum Gasteiger partial charge on any atom is 0.333 e. The zero-order chi connectivity index (χ0) is 31.1. The summed E-state index contributed by atoms with van der Waals surface area (Å²) in [6, 6.07) is 11.1. The monoisotopic (exact) mass is 618 g/mol. The number of thioether (sulfide) groups is 1. The number of nitrogens with one attached hydrogen (secondary N) is 1. The van der Waals surface area contributed by atoms with E-state index in [9.17, 15) is 18.7 Å². The van der Waals surface area contributed by atoms with Crippen LogP contribution in [0.1, 0.15) is 77.6 Å². The molecule has 42 heavy (non-hydrogen) atoms. The number of benzene rings is 2. The van der Waals surface area contributed by atoms with Gasteiger partial charge in [0, 0.05) is 40.6 Å². The molecule has 1 amide bonds. The summed E-state index contributed by atoms with van der Waals surface area (Å²) in [5.74, 6) is 0.000792. The number of fused-ring (bicyclic) bond motifs is 1. The molecule has 2 aromatic rings. The molecule has 0 fully saturated rings. The summed E-state index contributed by atoms with van der Waals surface area (Å²) in [6.07, 6.45) is 8.00. The molecule has 1 aliphatic heterocycles. The first-order chi connectivity index (χ1) is 19.8. The van der Waals surface area contributed by atoms with E-state index in [0.717, 1.165) is 36.3 Å². The van der Waals surface area contributed by atoms with Gasteiger partial charge < -0.3 is 19.7 Å². The van der Waals surface area contributed by atoms with Gasteiger partial charge in [-0.05, 0) is 77.1 Å². The average Bonchev–Trinajstić information content (AvgIpc) is 3.02. The molecule has 3 N–H and O–H groups in total. The van der Waals surface area contributed by atoms with Gasteiger partial charge in [0.1, 0.15) is 5.75 Å². The molecular formula is C32H46N2O6S2. The van der Waals surface area contributed by atoms with Crippen LogP contribution in [0.15, 0.2) is 58.5 Å². The van der Waals surface area contributed by atoms with Crippen molar-refractivity contribution in [1.29, 1.82) is 0 Å². The minimum absolute atomic E-state index is 0.146. The van der Waals surface area contributed by atoms with Gasteiger partial charge in [-0.25, -0.2) is 4.79 Å². The van der Waals surface area contributed by atoms with Gasteiger partial charge in [0.15, 0.2) is 0 Å². The molecule has 10 heteroatoms. The van der Waals surface area contributed by atoms with Crippen LogP contribution >= 0.6 is 22.4 Å². The second kappa shape index (κ2) is 14.2. The van der Waals surface area contributed by atoms with Gasteiger partial charge in [-0.2, -0.15) is 10.6 Å². The second-order valence-corrected chi connectivity index (χ2v) is 14.7. The predicted octanol–water partition coefficient (Wildman–Crippen LogP) is 8.24. The number of ether oxygens (including phenoxy) is 2. The molecule has 2 aromatic carbocycles. The number of esters is 1. The van der Waals surface area contributed by atoms with E-state index in [1.54, 1.807) is 13.0 Å². The van der Waals surface area contributed by atoms with Crippen LogP contribution in [-0.2, 0) is 9.53 Å². The Hall–Kier alpha value is -2.66. The zero-order valence-corrected chi connectivity index (χ0v) is 27.5. The molecule has 0 aromatic heterocycles. The third-order valence-corrected chi connectivity index (χ3v) is 10.1. The molecule has 0 bridgehead atoms. The number of carbonyl (C=O) groups excluding carboxylic acids is 2. The van der Waals surface area contributed by atoms with Crippen molar-refractivity contribution < 1.29 is 28.2 Å². The molecule has 0 saturated carbocycles. The van der Waals surface area contributed by atoms with Gasteiger partial charge in [-0.15, -0.1) is 11.8 Å². The number of carbonyl (C=O) groups is 2. The van der Waals surface area contributed by atoms with Crippen molar-refractivity contribution in [2.75, 3.05) is 30.1 Å². The highest BCUT2D eigenvalue weighted by Crippen LogP contribution is 2.62. The Morgan fingerprint density at radius 2 is 1.83 bits per heavy atom. The second-order valence-electron chi connectivity index (χ2n) is 11.7. The van der Waals surface area contributed by atoms with Crippen LogP contribution in [0.4, 0.5) is 11.4 Å². The van der Waals surface area contributed by atoms with Gasteiger partial charge in [-0.1, -0.05) is 26.7 Å². The van der Waals surface area contributed by atoms with E-state index in [2.05, 4.69) is 24.1 Å². The minimum Gasteiger partial charge on any atom is -0.463 e.